The Balaban J connectivity index is 1.40. The fourth-order valence-electron chi connectivity index (χ4n) is 3.82. The van der Waals surface area contributed by atoms with Gasteiger partial charge in [0.05, 0.1) is 11.3 Å². The van der Waals surface area contributed by atoms with E-state index in [0.29, 0.717) is 35.7 Å². The van der Waals surface area contributed by atoms with Gasteiger partial charge in [0.1, 0.15) is 0 Å². The number of carbonyl (C=O) groups excluding carboxylic acids is 2. The third kappa shape index (κ3) is 4.51. The molecule has 1 aliphatic heterocycles. The highest BCUT2D eigenvalue weighted by Gasteiger charge is 2.26. The van der Waals surface area contributed by atoms with Crippen LogP contribution in [0.1, 0.15) is 41.6 Å². The van der Waals surface area contributed by atoms with Crippen molar-refractivity contribution < 1.29 is 19.1 Å². The first-order chi connectivity index (χ1) is 14.1. The smallest absolute Gasteiger partial charge is 0.253 e. The van der Waals surface area contributed by atoms with Gasteiger partial charge in [0.2, 0.25) is 12.7 Å². The van der Waals surface area contributed by atoms with E-state index in [1.165, 1.54) is 0 Å². The lowest BCUT2D eigenvalue weighted by atomic mass is 9.85. The van der Waals surface area contributed by atoms with Crippen molar-refractivity contribution in [2.45, 2.75) is 38.3 Å². The molecular weight excluding hydrogens is 370 g/mol. The molecule has 0 bridgehead atoms. The van der Waals surface area contributed by atoms with Crippen LogP contribution in [-0.2, 0) is 11.3 Å². The normalized spacial score (nSPS) is 20.2. The number of hydrogen-bond acceptors (Lipinski definition) is 5. The number of rotatable bonds is 5. The number of ether oxygens (including phenoxy) is 2. The Hall–Kier alpha value is -3.06. The summed E-state index contributed by atoms with van der Waals surface area (Å²) in [7, 11) is 0. The van der Waals surface area contributed by atoms with E-state index in [9.17, 15) is 9.59 Å². The van der Waals surface area contributed by atoms with E-state index in [1.54, 1.807) is 24.3 Å². The standard InChI is InChI=1S/C22H25N3O4/c23-16-5-3-4-15(11-16)21(26)25-18-7-2-1-6-17(18)22(27)24-12-14-8-9-19-20(10-14)29-13-28-19/h1-2,6-10,15-16H,3-5,11-13,23H2,(H,24,27)(H,25,26). The summed E-state index contributed by atoms with van der Waals surface area (Å²) in [5.41, 5.74) is 7.85. The quantitative estimate of drug-likeness (QED) is 0.722. The Morgan fingerprint density at radius 3 is 2.76 bits per heavy atom. The molecular formula is C22H25N3O4. The maximum Gasteiger partial charge on any atom is 0.253 e. The van der Waals surface area contributed by atoms with Gasteiger partial charge >= 0.3 is 0 Å². The molecule has 2 aliphatic rings. The van der Waals surface area contributed by atoms with Crippen LogP contribution < -0.4 is 25.8 Å². The SMILES string of the molecule is NC1CCCC(C(=O)Nc2ccccc2C(=O)NCc2ccc3c(c2)OCO3)C1. The predicted octanol–water partition coefficient (Wildman–Crippen LogP) is 2.80. The Bertz CT molecular complexity index is 915. The van der Waals surface area contributed by atoms with Gasteiger partial charge in [-0.15, -0.1) is 0 Å². The van der Waals surface area contributed by atoms with Gasteiger partial charge in [0.25, 0.3) is 5.91 Å². The molecule has 2 amide bonds. The summed E-state index contributed by atoms with van der Waals surface area (Å²) in [6, 6.07) is 12.7. The Kier molecular flexibility index (Phi) is 5.67. The van der Waals surface area contributed by atoms with Gasteiger partial charge in [-0.3, -0.25) is 9.59 Å². The van der Waals surface area contributed by atoms with Crippen LogP contribution in [0, 0.1) is 5.92 Å². The van der Waals surface area contributed by atoms with Crippen molar-refractivity contribution in [1.82, 2.24) is 5.32 Å². The Morgan fingerprint density at radius 1 is 1.07 bits per heavy atom. The first kappa shape index (κ1) is 19.3. The molecule has 1 fully saturated rings. The van der Waals surface area contributed by atoms with Gasteiger partial charge in [-0.05, 0) is 49.1 Å². The molecule has 2 unspecified atom stereocenters. The van der Waals surface area contributed by atoms with Crippen LogP contribution in [-0.4, -0.2) is 24.6 Å². The average Bonchev–Trinajstić information content (AvgIpc) is 3.20. The summed E-state index contributed by atoms with van der Waals surface area (Å²) in [4.78, 5) is 25.4. The first-order valence-electron chi connectivity index (χ1n) is 9.92. The molecule has 2 atom stereocenters. The molecule has 1 saturated carbocycles. The van der Waals surface area contributed by atoms with Gasteiger partial charge in [-0.2, -0.15) is 0 Å². The first-order valence-corrected chi connectivity index (χ1v) is 9.92. The molecule has 0 spiro atoms. The highest BCUT2D eigenvalue weighted by Crippen LogP contribution is 2.32. The van der Waals surface area contributed by atoms with E-state index < -0.39 is 0 Å². The fourth-order valence-corrected chi connectivity index (χ4v) is 3.82. The van der Waals surface area contributed by atoms with Crippen LogP contribution in [0.5, 0.6) is 11.5 Å². The number of benzene rings is 2. The molecule has 1 heterocycles. The number of fused-ring (bicyclic) bond motifs is 1. The average molecular weight is 395 g/mol. The van der Waals surface area contributed by atoms with Crippen LogP contribution in [0.2, 0.25) is 0 Å². The van der Waals surface area contributed by atoms with Gasteiger partial charge in [0, 0.05) is 18.5 Å². The number of hydrogen-bond donors (Lipinski definition) is 3. The highest BCUT2D eigenvalue weighted by atomic mass is 16.7. The molecule has 152 valence electrons. The molecule has 2 aromatic rings. The lowest BCUT2D eigenvalue weighted by molar-refractivity contribution is -0.120. The molecule has 7 heteroatoms. The zero-order chi connectivity index (χ0) is 20.2. The third-order valence-electron chi connectivity index (χ3n) is 5.41. The number of nitrogens with two attached hydrogens (primary N) is 1. The van der Waals surface area contributed by atoms with Crippen molar-refractivity contribution in [3.63, 3.8) is 0 Å². The topological polar surface area (TPSA) is 103 Å². The Morgan fingerprint density at radius 2 is 1.90 bits per heavy atom. The second-order valence-corrected chi connectivity index (χ2v) is 7.53. The number of amides is 2. The van der Waals surface area contributed by atoms with Crippen LogP contribution in [0.3, 0.4) is 0 Å². The maximum atomic E-state index is 12.7. The second-order valence-electron chi connectivity index (χ2n) is 7.53. The van der Waals surface area contributed by atoms with Crippen molar-refractivity contribution in [1.29, 1.82) is 0 Å². The lowest BCUT2D eigenvalue weighted by Crippen LogP contribution is -2.34. The minimum Gasteiger partial charge on any atom is -0.454 e. The van der Waals surface area contributed by atoms with Crippen LogP contribution in [0.15, 0.2) is 42.5 Å². The molecule has 7 nitrogen and oxygen atoms in total. The van der Waals surface area contributed by atoms with Gasteiger partial charge in [0.15, 0.2) is 11.5 Å². The van der Waals surface area contributed by atoms with Crippen LogP contribution in [0.4, 0.5) is 5.69 Å². The monoisotopic (exact) mass is 395 g/mol. The van der Waals surface area contributed by atoms with Crippen molar-refractivity contribution >= 4 is 17.5 Å². The van der Waals surface area contributed by atoms with Gasteiger partial charge in [-0.1, -0.05) is 24.6 Å². The Labute approximate surface area is 169 Å². The number of anilines is 1. The number of para-hydroxylation sites is 1. The summed E-state index contributed by atoms with van der Waals surface area (Å²) in [6.07, 6.45) is 3.43. The largest absolute Gasteiger partial charge is 0.454 e. The van der Waals surface area contributed by atoms with E-state index in [1.807, 2.05) is 18.2 Å². The molecule has 29 heavy (non-hydrogen) atoms. The predicted molar refractivity (Wildman–Crippen MR) is 109 cm³/mol. The van der Waals surface area contributed by atoms with Gasteiger partial charge in [-0.25, -0.2) is 0 Å². The van der Waals surface area contributed by atoms with Crippen LogP contribution >= 0.6 is 0 Å². The van der Waals surface area contributed by atoms with E-state index in [4.69, 9.17) is 15.2 Å². The molecule has 1 aliphatic carbocycles. The van der Waals surface area contributed by atoms with Crippen molar-refractivity contribution in [2.75, 3.05) is 12.1 Å². The fraction of sp³-hybridized carbons (Fsp3) is 0.364. The maximum absolute atomic E-state index is 12.7. The molecule has 4 rings (SSSR count). The second kappa shape index (κ2) is 8.53. The molecule has 0 saturated heterocycles. The third-order valence-corrected chi connectivity index (χ3v) is 5.41. The zero-order valence-corrected chi connectivity index (χ0v) is 16.1. The number of carbonyl (C=O) groups is 2. The van der Waals surface area contributed by atoms with Gasteiger partial charge < -0.3 is 25.8 Å². The van der Waals surface area contributed by atoms with E-state index in [2.05, 4.69) is 10.6 Å². The number of nitrogens with one attached hydrogen (secondary N) is 2. The summed E-state index contributed by atoms with van der Waals surface area (Å²) < 4.78 is 10.7. The van der Waals surface area contributed by atoms with Crippen LogP contribution in [0.25, 0.3) is 0 Å². The lowest BCUT2D eigenvalue weighted by Gasteiger charge is -2.26. The van der Waals surface area contributed by atoms with Crippen molar-refractivity contribution in [2.24, 2.45) is 11.7 Å². The summed E-state index contributed by atoms with van der Waals surface area (Å²) in [5.74, 6) is 0.948. The highest BCUT2D eigenvalue weighted by molar-refractivity contribution is 6.04. The molecule has 2 aromatic carbocycles. The minimum absolute atomic E-state index is 0.0692. The molecule has 4 N–H and O–H groups in total. The summed E-state index contributed by atoms with van der Waals surface area (Å²) >= 11 is 0. The summed E-state index contributed by atoms with van der Waals surface area (Å²) in [5, 5.41) is 5.82. The molecule has 0 radical (unpaired) electrons. The zero-order valence-electron chi connectivity index (χ0n) is 16.1. The van der Waals surface area contributed by atoms with E-state index in [-0.39, 0.29) is 30.6 Å². The van der Waals surface area contributed by atoms with Crippen molar-refractivity contribution in [3.05, 3.63) is 53.6 Å². The minimum atomic E-state index is -0.251. The van der Waals surface area contributed by atoms with E-state index in [0.717, 1.165) is 24.8 Å². The molecule has 0 aromatic heterocycles. The summed E-state index contributed by atoms with van der Waals surface area (Å²) in [6.45, 7) is 0.555. The van der Waals surface area contributed by atoms with Crippen molar-refractivity contribution in [3.8, 4) is 11.5 Å². The van der Waals surface area contributed by atoms with E-state index >= 15 is 0 Å².